The van der Waals surface area contributed by atoms with Gasteiger partial charge in [0.15, 0.2) is 0 Å². The summed E-state index contributed by atoms with van der Waals surface area (Å²) in [6, 6.07) is 1.67. The molecule has 0 saturated carbocycles. The summed E-state index contributed by atoms with van der Waals surface area (Å²) in [4.78, 5) is 30.3. The SMILES string of the molecule is CC(C)Oc1cc2nc(C3CCN(C(=O)OC(C)(C)C)CC3)cn2cc1C(=O)O. The molecule has 0 aromatic carbocycles. The van der Waals surface area contributed by atoms with Crippen molar-refractivity contribution in [3.63, 3.8) is 0 Å². The van der Waals surface area contributed by atoms with Crippen LogP contribution in [0.4, 0.5) is 4.79 Å². The van der Waals surface area contributed by atoms with Gasteiger partial charge in [-0.05, 0) is 47.5 Å². The average Bonchev–Trinajstić information content (AvgIpc) is 3.02. The molecule has 0 unspecified atom stereocenters. The van der Waals surface area contributed by atoms with E-state index in [1.807, 2.05) is 40.8 Å². The number of carbonyl (C=O) groups is 2. The van der Waals surface area contributed by atoms with Gasteiger partial charge in [-0.3, -0.25) is 0 Å². The minimum atomic E-state index is -1.04. The van der Waals surface area contributed by atoms with Crippen LogP contribution in [0.2, 0.25) is 0 Å². The van der Waals surface area contributed by atoms with Crippen LogP contribution in [0, 0.1) is 0 Å². The molecule has 29 heavy (non-hydrogen) atoms. The number of fused-ring (bicyclic) bond motifs is 1. The molecule has 158 valence electrons. The minimum absolute atomic E-state index is 0.106. The zero-order chi connectivity index (χ0) is 21.3. The standard InChI is InChI=1S/C21H29N3O5/c1-13(2)28-17-10-18-22-16(12-24(18)11-15(17)19(25)26)14-6-8-23(9-7-14)20(27)29-21(3,4)5/h10-14H,6-9H2,1-5H3,(H,25,26). The van der Waals surface area contributed by atoms with Gasteiger partial charge in [0.25, 0.3) is 0 Å². The summed E-state index contributed by atoms with van der Waals surface area (Å²) in [6.45, 7) is 10.5. The maximum atomic E-state index is 12.2. The fraction of sp³-hybridized carbons (Fsp3) is 0.571. The van der Waals surface area contributed by atoms with E-state index in [9.17, 15) is 14.7 Å². The molecule has 8 heteroatoms. The molecule has 0 radical (unpaired) electrons. The van der Waals surface area contributed by atoms with Crippen molar-refractivity contribution in [1.82, 2.24) is 14.3 Å². The molecule has 1 saturated heterocycles. The molecule has 1 N–H and O–H groups in total. The van der Waals surface area contributed by atoms with Crippen molar-refractivity contribution in [2.24, 2.45) is 0 Å². The third-order valence-electron chi connectivity index (χ3n) is 4.73. The van der Waals surface area contributed by atoms with Gasteiger partial charge < -0.3 is 23.9 Å². The van der Waals surface area contributed by atoms with Crippen LogP contribution >= 0.6 is 0 Å². The zero-order valence-electron chi connectivity index (χ0n) is 17.6. The number of aromatic nitrogens is 2. The second kappa shape index (κ2) is 7.93. The smallest absolute Gasteiger partial charge is 0.410 e. The molecule has 0 atom stereocenters. The molecule has 2 aromatic heterocycles. The lowest BCUT2D eigenvalue weighted by atomic mass is 9.94. The second-order valence-corrected chi connectivity index (χ2v) is 8.70. The van der Waals surface area contributed by atoms with Gasteiger partial charge in [0.2, 0.25) is 0 Å². The first-order valence-corrected chi connectivity index (χ1v) is 9.94. The Balaban J connectivity index is 1.76. The molecule has 3 heterocycles. The molecule has 0 spiro atoms. The molecule has 2 aromatic rings. The number of imidazole rings is 1. The number of nitrogens with zero attached hydrogens (tertiary/aromatic N) is 3. The number of piperidine rings is 1. The summed E-state index contributed by atoms with van der Waals surface area (Å²) >= 11 is 0. The lowest BCUT2D eigenvalue weighted by Crippen LogP contribution is -2.41. The van der Waals surface area contributed by atoms with Crippen LogP contribution in [-0.2, 0) is 4.74 Å². The Bertz CT molecular complexity index is 905. The van der Waals surface area contributed by atoms with E-state index in [-0.39, 0.29) is 23.7 Å². The minimum Gasteiger partial charge on any atom is -0.490 e. The first-order chi connectivity index (χ1) is 13.5. The van der Waals surface area contributed by atoms with Gasteiger partial charge >= 0.3 is 12.1 Å². The largest absolute Gasteiger partial charge is 0.490 e. The van der Waals surface area contributed by atoms with Crippen LogP contribution in [0.3, 0.4) is 0 Å². The summed E-state index contributed by atoms with van der Waals surface area (Å²) in [6.07, 6.45) is 4.56. The van der Waals surface area contributed by atoms with Crippen LogP contribution in [0.15, 0.2) is 18.5 Å². The van der Waals surface area contributed by atoms with Gasteiger partial charge in [-0.15, -0.1) is 0 Å². The van der Waals surface area contributed by atoms with Crippen molar-refractivity contribution in [3.8, 4) is 5.75 Å². The summed E-state index contributed by atoms with van der Waals surface area (Å²) in [7, 11) is 0. The molecule has 1 aliphatic heterocycles. The van der Waals surface area contributed by atoms with Crippen LogP contribution in [0.1, 0.15) is 69.4 Å². The third kappa shape index (κ3) is 4.99. The van der Waals surface area contributed by atoms with Gasteiger partial charge in [-0.25, -0.2) is 14.6 Å². The summed E-state index contributed by atoms with van der Waals surface area (Å²) in [5.74, 6) is -0.517. The molecule has 0 bridgehead atoms. The van der Waals surface area contributed by atoms with Crippen LogP contribution in [0.25, 0.3) is 5.65 Å². The predicted molar refractivity (Wildman–Crippen MR) is 108 cm³/mol. The Morgan fingerprint density at radius 3 is 2.41 bits per heavy atom. The molecular weight excluding hydrogens is 374 g/mol. The molecule has 0 aliphatic carbocycles. The monoisotopic (exact) mass is 403 g/mol. The maximum Gasteiger partial charge on any atom is 0.410 e. The number of hydrogen-bond donors (Lipinski definition) is 1. The molecule has 8 nitrogen and oxygen atoms in total. The fourth-order valence-corrected chi connectivity index (χ4v) is 3.43. The Labute approximate surface area is 170 Å². The molecule has 1 fully saturated rings. The molecule has 1 amide bonds. The van der Waals surface area contributed by atoms with Gasteiger partial charge in [0.1, 0.15) is 22.6 Å². The van der Waals surface area contributed by atoms with E-state index in [1.165, 1.54) is 0 Å². The number of aromatic carboxylic acids is 1. The van der Waals surface area contributed by atoms with E-state index in [1.54, 1.807) is 21.6 Å². The number of amides is 1. The van der Waals surface area contributed by atoms with Crippen LogP contribution in [-0.4, -0.2) is 56.2 Å². The Hall–Kier alpha value is -2.77. The molecule has 3 rings (SSSR count). The van der Waals surface area contributed by atoms with E-state index in [2.05, 4.69) is 4.98 Å². The highest BCUT2D eigenvalue weighted by Gasteiger charge is 2.28. The first kappa shape index (κ1) is 21.0. The average molecular weight is 403 g/mol. The predicted octanol–water partition coefficient (Wildman–Crippen LogP) is 3.93. The fourth-order valence-electron chi connectivity index (χ4n) is 3.43. The maximum absolute atomic E-state index is 12.2. The lowest BCUT2D eigenvalue weighted by molar-refractivity contribution is 0.0204. The number of carboxylic acid groups (broad SMARTS) is 1. The van der Waals surface area contributed by atoms with Gasteiger partial charge in [-0.1, -0.05) is 0 Å². The topological polar surface area (TPSA) is 93.4 Å². The van der Waals surface area contributed by atoms with Crippen molar-refractivity contribution in [2.75, 3.05) is 13.1 Å². The summed E-state index contributed by atoms with van der Waals surface area (Å²) in [5, 5.41) is 9.49. The number of likely N-dealkylation sites (tertiary alicyclic amines) is 1. The third-order valence-corrected chi connectivity index (χ3v) is 4.73. The van der Waals surface area contributed by atoms with E-state index in [0.717, 1.165) is 18.5 Å². The van der Waals surface area contributed by atoms with E-state index < -0.39 is 11.6 Å². The quantitative estimate of drug-likeness (QED) is 0.831. The zero-order valence-corrected chi connectivity index (χ0v) is 17.6. The second-order valence-electron chi connectivity index (χ2n) is 8.70. The molecule has 1 aliphatic rings. The highest BCUT2D eigenvalue weighted by Crippen LogP contribution is 2.30. The van der Waals surface area contributed by atoms with E-state index in [0.29, 0.717) is 24.5 Å². The van der Waals surface area contributed by atoms with E-state index >= 15 is 0 Å². The van der Waals surface area contributed by atoms with Gasteiger partial charge in [0.05, 0.1) is 11.8 Å². The summed E-state index contributed by atoms with van der Waals surface area (Å²) in [5.41, 5.74) is 1.14. The number of carbonyl (C=O) groups excluding carboxylic acids is 1. The Morgan fingerprint density at radius 1 is 1.21 bits per heavy atom. The number of rotatable bonds is 4. The van der Waals surface area contributed by atoms with Crippen molar-refractivity contribution in [3.05, 3.63) is 29.7 Å². The number of hydrogen-bond acceptors (Lipinski definition) is 5. The number of pyridine rings is 1. The highest BCUT2D eigenvalue weighted by atomic mass is 16.6. The van der Waals surface area contributed by atoms with Crippen molar-refractivity contribution in [1.29, 1.82) is 0 Å². The van der Waals surface area contributed by atoms with Crippen molar-refractivity contribution < 1.29 is 24.2 Å². The van der Waals surface area contributed by atoms with Crippen molar-refractivity contribution >= 4 is 17.7 Å². The normalized spacial score (nSPS) is 15.7. The Kier molecular flexibility index (Phi) is 5.73. The van der Waals surface area contributed by atoms with E-state index in [4.69, 9.17) is 9.47 Å². The van der Waals surface area contributed by atoms with Gasteiger partial charge in [-0.2, -0.15) is 0 Å². The number of carboxylic acids is 1. The highest BCUT2D eigenvalue weighted by molar-refractivity contribution is 5.91. The van der Waals surface area contributed by atoms with Crippen LogP contribution < -0.4 is 4.74 Å². The molecular formula is C21H29N3O5. The lowest BCUT2D eigenvalue weighted by Gasteiger charge is -2.32. The number of ether oxygens (including phenoxy) is 2. The Morgan fingerprint density at radius 2 is 1.86 bits per heavy atom. The first-order valence-electron chi connectivity index (χ1n) is 9.94. The van der Waals surface area contributed by atoms with Gasteiger partial charge in [0, 0.05) is 37.5 Å². The summed E-state index contributed by atoms with van der Waals surface area (Å²) < 4.78 is 12.8. The van der Waals surface area contributed by atoms with Crippen molar-refractivity contribution in [2.45, 2.75) is 65.1 Å². The van der Waals surface area contributed by atoms with Crippen LogP contribution in [0.5, 0.6) is 5.75 Å².